The van der Waals surface area contributed by atoms with E-state index < -0.39 is 11.9 Å². The quantitative estimate of drug-likeness (QED) is 0.355. The number of nitrogens with one attached hydrogen (secondary N) is 2. The molecule has 43 heavy (non-hydrogen) atoms. The number of carbonyl (C=O) groups is 3. The van der Waals surface area contributed by atoms with Crippen molar-refractivity contribution in [1.29, 1.82) is 0 Å². The predicted octanol–water partition coefficient (Wildman–Crippen LogP) is 1.53. The summed E-state index contributed by atoms with van der Waals surface area (Å²) in [5, 5.41) is 26.2. The molecule has 224 valence electrons. The first kappa shape index (κ1) is 29.4. The van der Waals surface area contributed by atoms with Crippen LogP contribution in [0.5, 0.6) is 5.75 Å². The van der Waals surface area contributed by atoms with Crippen molar-refractivity contribution in [2.75, 3.05) is 19.7 Å². The zero-order valence-electron chi connectivity index (χ0n) is 24.4. The fourth-order valence-corrected chi connectivity index (χ4v) is 4.63. The molecule has 4 aromatic rings. The average molecular weight is 587 g/mol. The highest BCUT2D eigenvalue weighted by Gasteiger charge is 2.21. The number of rotatable bonds is 2. The third-order valence-corrected chi connectivity index (χ3v) is 6.94. The van der Waals surface area contributed by atoms with Crippen LogP contribution in [-0.4, -0.2) is 83.6 Å². The maximum absolute atomic E-state index is 13.6. The van der Waals surface area contributed by atoms with Crippen LogP contribution in [-0.2, 0) is 24.9 Å². The third-order valence-electron chi connectivity index (χ3n) is 6.94. The maximum atomic E-state index is 13.6. The highest BCUT2D eigenvalue weighted by atomic mass is 16.5. The van der Waals surface area contributed by atoms with Gasteiger partial charge in [-0.05, 0) is 55.3 Å². The molecular formula is C29H34N10O4. The maximum Gasteiger partial charge on any atom is 0.255 e. The normalized spacial score (nSPS) is 17.0. The summed E-state index contributed by atoms with van der Waals surface area (Å²) in [5.41, 5.74) is 3.19. The largest absolute Gasteiger partial charge is 0.493 e. The molecular weight excluding hydrogens is 552 g/mol. The number of hydrogen-bond acceptors (Lipinski definition) is 9. The molecule has 2 bridgehead atoms. The van der Waals surface area contributed by atoms with Gasteiger partial charge in [0.1, 0.15) is 17.5 Å². The van der Waals surface area contributed by atoms with Gasteiger partial charge in [0.15, 0.2) is 0 Å². The van der Waals surface area contributed by atoms with E-state index in [1.807, 2.05) is 25.3 Å². The van der Waals surface area contributed by atoms with Crippen LogP contribution in [0.4, 0.5) is 0 Å². The highest BCUT2D eigenvalue weighted by molar-refractivity contribution is 5.99. The molecule has 3 heterocycles. The molecule has 2 aromatic heterocycles. The first-order chi connectivity index (χ1) is 20.8. The van der Waals surface area contributed by atoms with Gasteiger partial charge in [0.25, 0.3) is 11.8 Å². The Morgan fingerprint density at radius 3 is 2.60 bits per heavy atom. The Balaban J connectivity index is 1.32. The molecule has 1 aliphatic heterocycles. The molecule has 1 aliphatic rings. The van der Waals surface area contributed by atoms with Gasteiger partial charge in [-0.15, -0.1) is 15.3 Å². The van der Waals surface area contributed by atoms with Crippen molar-refractivity contribution in [2.24, 2.45) is 7.05 Å². The highest BCUT2D eigenvalue weighted by Crippen LogP contribution is 2.21. The van der Waals surface area contributed by atoms with Crippen molar-refractivity contribution in [3.63, 3.8) is 0 Å². The molecule has 0 radical (unpaired) electrons. The summed E-state index contributed by atoms with van der Waals surface area (Å²) < 4.78 is 7.67. The molecule has 5 rings (SSSR count). The topological polar surface area (TPSA) is 162 Å². The Hall–Kier alpha value is -5.14. The Kier molecular flexibility index (Phi) is 9.03. The van der Waals surface area contributed by atoms with E-state index in [2.05, 4.69) is 36.4 Å². The number of aromatic nitrogens is 7. The monoisotopic (exact) mass is 586 g/mol. The second-order valence-corrected chi connectivity index (χ2v) is 10.4. The van der Waals surface area contributed by atoms with Gasteiger partial charge < -0.3 is 20.3 Å². The molecule has 0 saturated heterocycles. The van der Waals surface area contributed by atoms with Gasteiger partial charge >= 0.3 is 0 Å². The van der Waals surface area contributed by atoms with Crippen molar-refractivity contribution in [3.05, 3.63) is 71.0 Å². The van der Waals surface area contributed by atoms with E-state index in [1.54, 1.807) is 53.9 Å². The van der Waals surface area contributed by atoms with Gasteiger partial charge in [-0.2, -0.15) is 4.80 Å². The Morgan fingerprint density at radius 1 is 1.02 bits per heavy atom. The molecule has 0 aliphatic carbocycles. The summed E-state index contributed by atoms with van der Waals surface area (Å²) in [6.45, 7) is 5.36. The fourth-order valence-electron chi connectivity index (χ4n) is 4.63. The van der Waals surface area contributed by atoms with Crippen molar-refractivity contribution in [1.82, 2.24) is 50.7 Å². The van der Waals surface area contributed by atoms with Gasteiger partial charge in [0.05, 0.1) is 32.0 Å². The number of ether oxygens (including phenoxy) is 1. The molecule has 3 amide bonds. The Bertz CT molecular complexity index is 1600. The van der Waals surface area contributed by atoms with Crippen molar-refractivity contribution < 1.29 is 19.1 Å². The van der Waals surface area contributed by atoms with E-state index in [4.69, 9.17) is 4.74 Å². The molecule has 2 N–H and O–H groups in total. The van der Waals surface area contributed by atoms with E-state index in [1.165, 1.54) is 4.80 Å². The minimum Gasteiger partial charge on any atom is -0.493 e. The van der Waals surface area contributed by atoms with Gasteiger partial charge in [-0.25, -0.2) is 0 Å². The smallest absolute Gasteiger partial charge is 0.255 e. The lowest BCUT2D eigenvalue weighted by atomic mass is 10.1. The number of fused-ring (bicyclic) bond motifs is 3. The first-order valence-electron chi connectivity index (χ1n) is 14.1. The van der Waals surface area contributed by atoms with E-state index in [9.17, 15) is 14.4 Å². The summed E-state index contributed by atoms with van der Waals surface area (Å²) in [7, 11) is 1.69. The number of carbonyl (C=O) groups excluding carboxylic acids is 3. The fraction of sp³-hybridized carbons (Fsp3) is 0.379. The van der Waals surface area contributed by atoms with Crippen LogP contribution in [0.2, 0.25) is 0 Å². The van der Waals surface area contributed by atoms with Gasteiger partial charge in [0, 0.05) is 37.2 Å². The van der Waals surface area contributed by atoms with Crippen LogP contribution in [0, 0.1) is 6.92 Å². The van der Waals surface area contributed by atoms with Crippen molar-refractivity contribution in [3.8, 4) is 17.1 Å². The summed E-state index contributed by atoms with van der Waals surface area (Å²) >= 11 is 0. The molecule has 14 nitrogen and oxygen atoms in total. The standard InChI is InChI=1S/C29H34N10O4/c1-19-6-11-24-25(16-19)43-15-5-14-39-18-23(32-36-39)17-38(13-4-12-30-27(40)20(2)31-28(24)41)29(42)22-9-7-21(8-10-22)26-33-35-37(3)34-26/h6-11,16,18,20H,4-5,12-15,17H2,1-3H3,(H,30,40)(H,31,41)/t20-/m1/s1. The number of hydrogen-bond donors (Lipinski definition) is 2. The van der Waals surface area contributed by atoms with Gasteiger partial charge in [-0.1, -0.05) is 23.4 Å². The average Bonchev–Trinajstić information content (AvgIpc) is 3.64. The van der Waals surface area contributed by atoms with Crippen LogP contribution in [0.15, 0.2) is 48.7 Å². The summed E-state index contributed by atoms with van der Waals surface area (Å²) in [4.78, 5) is 42.4. The molecule has 1 atom stereocenters. The zero-order chi connectivity index (χ0) is 30.3. The number of amides is 3. The third kappa shape index (κ3) is 7.39. The van der Waals surface area contributed by atoms with Gasteiger partial charge in [-0.3, -0.25) is 19.1 Å². The second kappa shape index (κ2) is 13.2. The first-order valence-corrected chi connectivity index (χ1v) is 14.1. The zero-order valence-corrected chi connectivity index (χ0v) is 24.4. The van der Waals surface area contributed by atoms with Crippen LogP contribution in [0.3, 0.4) is 0 Å². The summed E-state index contributed by atoms with van der Waals surface area (Å²) in [6.07, 6.45) is 2.92. The molecule has 0 unspecified atom stereocenters. The van der Waals surface area contributed by atoms with E-state index >= 15 is 0 Å². The second-order valence-electron chi connectivity index (χ2n) is 10.4. The van der Waals surface area contributed by atoms with Gasteiger partial charge in [0.2, 0.25) is 11.7 Å². The molecule has 0 fully saturated rings. The molecule has 14 heteroatoms. The lowest BCUT2D eigenvalue weighted by Crippen LogP contribution is -2.45. The Morgan fingerprint density at radius 2 is 1.84 bits per heavy atom. The molecule has 0 spiro atoms. The van der Waals surface area contributed by atoms with E-state index in [-0.39, 0.29) is 18.4 Å². The lowest BCUT2D eigenvalue weighted by molar-refractivity contribution is -0.122. The van der Waals surface area contributed by atoms with Crippen molar-refractivity contribution >= 4 is 17.7 Å². The van der Waals surface area contributed by atoms with Crippen LogP contribution in [0.25, 0.3) is 11.4 Å². The minimum absolute atomic E-state index is 0.187. The summed E-state index contributed by atoms with van der Waals surface area (Å²) in [6, 6.07) is 11.6. The lowest BCUT2D eigenvalue weighted by Gasteiger charge is -2.22. The number of tetrazole rings is 1. The Labute approximate surface area is 248 Å². The number of nitrogens with zero attached hydrogens (tertiary/aromatic N) is 8. The van der Waals surface area contributed by atoms with Crippen LogP contribution < -0.4 is 15.4 Å². The SMILES string of the molecule is Cc1ccc2c(c1)OCCCn1cc(nn1)CN(C(=O)c1ccc(-c3nnn(C)n3)cc1)CCCNC(=O)[C@@H](C)NC2=O. The number of benzene rings is 2. The molecule has 2 aromatic carbocycles. The molecule has 0 saturated carbocycles. The van der Waals surface area contributed by atoms with E-state index in [0.717, 1.165) is 11.1 Å². The summed E-state index contributed by atoms with van der Waals surface area (Å²) in [5.74, 6) is 0.0186. The van der Waals surface area contributed by atoms with Crippen LogP contribution in [0.1, 0.15) is 51.7 Å². The van der Waals surface area contributed by atoms with E-state index in [0.29, 0.717) is 67.5 Å². The van der Waals surface area contributed by atoms with Crippen molar-refractivity contribution in [2.45, 2.75) is 45.8 Å². The van der Waals surface area contributed by atoms with Crippen LogP contribution >= 0.6 is 0 Å². The number of aryl methyl sites for hydroxylation is 3. The predicted molar refractivity (Wildman–Crippen MR) is 155 cm³/mol. The minimum atomic E-state index is -0.766.